The van der Waals surface area contributed by atoms with Crippen molar-refractivity contribution < 1.29 is 97.1 Å². The summed E-state index contributed by atoms with van der Waals surface area (Å²) in [5.74, 6) is -50.4. The van der Waals surface area contributed by atoms with Crippen molar-refractivity contribution in [2.45, 2.75) is 68.6 Å². The number of ether oxygens (including phenoxy) is 2. The molecule has 0 aliphatic rings. The van der Waals surface area contributed by atoms with Gasteiger partial charge >= 0.3 is 47.0 Å². The molecule has 0 spiro atoms. The molecular weight excluding hydrogens is 815 g/mol. The zero-order chi connectivity index (χ0) is 41.4. The minimum Gasteiger partial charge on any atom is -0.743 e. The summed E-state index contributed by atoms with van der Waals surface area (Å²) in [6.07, 6.45) is -7.89. The van der Waals surface area contributed by atoms with Gasteiger partial charge in [-0.05, 0) is 67.6 Å². The van der Waals surface area contributed by atoms with Crippen LogP contribution in [0.15, 0.2) is 87.5 Å². The number of hydrogen-bond donors (Lipinski definition) is 0. The van der Waals surface area contributed by atoms with Gasteiger partial charge in [0.1, 0.15) is 11.5 Å². The van der Waals surface area contributed by atoms with Crippen LogP contribution in [0.3, 0.4) is 0 Å². The Morgan fingerprint density at radius 1 is 0.472 bits per heavy atom. The maximum atomic E-state index is 13.0. The van der Waals surface area contributed by atoms with Gasteiger partial charge in [0, 0.05) is 0 Å². The predicted octanol–water partition coefficient (Wildman–Crippen LogP) is 9.61. The molecule has 0 radical (unpaired) electrons. The second kappa shape index (κ2) is 14.9. The second-order valence-corrected chi connectivity index (χ2v) is 13.8. The Balaban J connectivity index is 0.000000371. The number of aryl methyl sites for hydroxylation is 1. The van der Waals surface area contributed by atoms with Crippen LogP contribution in [0.2, 0.25) is 0 Å². The van der Waals surface area contributed by atoms with Crippen LogP contribution in [-0.4, -0.2) is 74.2 Å². The summed E-state index contributed by atoms with van der Waals surface area (Å²) in [5, 5.41) is -7.95. The molecule has 0 saturated heterocycles. The van der Waals surface area contributed by atoms with Crippen molar-refractivity contribution in [3.05, 3.63) is 78.4 Å². The molecule has 3 aromatic rings. The molecule has 3 aromatic carbocycles. The van der Waals surface area contributed by atoms with E-state index in [0.717, 1.165) is 11.5 Å². The van der Waals surface area contributed by atoms with E-state index in [0.29, 0.717) is 0 Å². The fourth-order valence-corrected chi connectivity index (χ4v) is 6.30. The largest absolute Gasteiger partial charge is 0.743 e. The fraction of sp³-hybridized carbons (Fsp3) is 0.379. The molecule has 0 heterocycles. The maximum absolute atomic E-state index is 13.0. The first-order valence-corrected chi connectivity index (χ1v) is 16.1. The average molecular weight is 837 g/mol. The summed E-state index contributed by atoms with van der Waals surface area (Å²) in [6, 6.07) is 25.4. The van der Waals surface area contributed by atoms with Crippen LogP contribution in [0.4, 0.5) is 74.6 Å². The average Bonchev–Trinajstić information content (AvgIpc) is 3.05. The van der Waals surface area contributed by atoms with E-state index in [4.69, 9.17) is 9.47 Å². The fourth-order valence-electron chi connectivity index (χ4n) is 3.81. The highest BCUT2D eigenvalue weighted by Gasteiger charge is 2.95. The predicted molar refractivity (Wildman–Crippen MR) is 150 cm³/mol. The monoisotopic (exact) mass is 836 g/mol. The number of rotatable bonds is 12. The second-order valence-electron chi connectivity index (χ2n) is 10.4. The van der Waals surface area contributed by atoms with Crippen LogP contribution in [0.5, 0.6) is 11.5 Å². The number of alkyl halides is 17. The molecule has 53 heavy (non-hydrogen) atoms. The zero-order valence-electron chi connectivity index (χ0n) is 26.2. The molecule has 0 aliphatic carbocycles. The standard InChI is InChI=1S/C21H21O2S.C8HF17O3S/c1-16-4-10-19(11-5-16)24(20-12-6-17(22-2)7-13-20)21-14-8-18(23-3)9-15-21;9-1(10,3(13,14)5(17,18)7(21,22)23)2(11,12)4(15,16)6(19,20)8(24,25)29(26,27)28/h4-15H,1-3H3;(H,26,27,28)/q+1;/p-1. The molecule has 0 unspecified atom stereocenters. The zero-order valence-corrected chi connectivity index (χ0v) is 27.8. The highest BCUT2D eigenvalue weighted by atomic mass is 32.2. The molecule has 0 N–H and O–H groups in total. The lowest BCUT2D eigenvalue weighted by Crippen LogP contribution is -2.75. The maximum Gasteiger partial charge on any atom is 0.460 e. The first kappa shape index (κ1) is 45.5. The van der Waals surface area contributed by atoms with Crippen molar-refractivity contribution in [1.29, 1.82) is 0 Å². The van der Waals surface area contributed by atoms with E-state index >= 15 is 0 Å². The van der Waals surface area contributed by atoms with Gasteiger partial charge in [0.25, 0.3) is 0 Å². The number of methoxy groups -OCH3 is 2. The van der Waals surface area contributed by atoms with Crippen LogP contribution >= 0.6 is 0 Å². The van der Waals surface area contributed by atoms with Gasteiger partial charge in [-0.15, -0.1) is 0 Å². The van der Waals surface area contributed by atoms with E-state index in [9.17, 15) is 87.6 Å². The lowest BCUT2D eigenvalue weighted by molar-refractivity contribution is -0.458. The van der Waals surface area contributed by atoms with E-state index in [1.807, 2.05) is 24.3 Å². The van der Waals surface area contributed by atoms with Crippen LogP contribution in [0.25, 0.3) is 0 Å². The molecular formula is C29H21F17O5S2. The molecule has 0 aromatic heterocycles. The van der Waals surface area contributed by atoms with Crippen molar-refractivity contribution >= 4 is 21.0 Å². The quantitative estimate of drug-likeness (QED) is 0.103. The Morgan fingerprint density at radius 3 is 1.00 bits per heavy atom. The van der Waals surface area contributed by atoms with Gasteiger partial charge in [-0.2, -0.15) is 74.6 Å². The van der Waals surface area contributed by atoms with E-state index in [2.05, 4.69) is 55.5 Å². The van der Waals surface area contributed by atoms with Gasteiger partial charge in [0.15, 0.2) is 24.8 Å². The third-order valence-electron chi connectivity index (χ3n) is 6.85. The number of halogens is 17. The van der Waals surface area contributed by atoms with Crippen molar-refractivity contribution in [2.75, 3.05) is 14.2 Å². The third kappa shape index (κ3) is 7.94. The minimum absolute atomic E-state index is 0.155. The van der Waals surface area contributed by atoms with Gasteiger partial charge < -0.3 is 14.0 Å². The van der Waals surface area contributed by atoms with Crippen LogP contribution in [0, 0.1) is 6.92 Å². The Labute approximate surface area is 290 Å². The van der Waals surface area contributed by atoms with E-state index in [1.165, 1.54) is 20.2 Å². The molecule has 24 heteroatoms. The smallest absolute Gasteiger partial charge is 0.460 e. The Morgan fingerprint density at radius 2 is 0.736 bits per heavy atom. The molecule has 0 amide bonds. The van der Waals surface area contributed by atoms with Gasteiger partial charge in [-0.1, -0.05) is 17.7 Å². The lowest BCUT2D eigenvalue weighted by Gasteiger charge is -2.42. The molecule has 0 atom stereocenters. The normalized spacial score (nSPS) is 14.1. The van der Waals surface area contributed by atoms with Gasteiger partial charge in [-0.25, -0.2) is 8.42 Å². The third-order valence-corrected chi connectivity index (χ3v) is 9.97. The van der Waals surface area contributed by atoms with Crippen molar-refractivity contribution in [3.63, 3.8) is 0 Å². The summed E-state index contributed by atoms with van der Waals surface area (Å²) in [7, 11) is -4.91. The van der Waals surface area contributed by atoms with E-state index < -0.39 is 57.1 Å². The first-order chi connectivity index (χ1) is 23.7. The highest BCUT2D eigenvalue weighted by Crippen LogP contribution is 2.64. The number of benzene rings is 3. The first-order valence-electron chi connectivity index (χ1n) is 13.5. The van der Waals surface area contributed by atoms with Gasteiger partial charge in [0.05, 0.1) is 25.1 Å². The minimum atomic E-state index is -8.92. The SMILES string of the molecule is COc1ccc([S+](c2ccc(C)cc2)c2ccc(OC)cc2)cc1.O=S(=O)([O-])C(F)(F)C(F)(F)C(F)(F)C(F)(F)C(F)(F)C(F)(F)C(F)(F)C(F)(F)F. The molecule has 0 bridgehead atoms. The summed E-state index contributed by atoms with van der Waals surface area (Å²) >= 11 is 0. The van der Waals surface area contributed by atoms with Crippen molar-refractivity contribution in [1.82, 2.24) is 0 Å². The molecule has 3 rings (SSSR count). The van der Waals surface area contributed by atoms with E-state index in [-0.39, 0.29) is 10.9 Å². The molecule has 0 fully saturated rings. The molecule has 0 saturated carbocycles. The molecule has 0 aliphatic heterocycles. The van der Waals surface area contributed by atoms with Gasteiger partial charge in [-0.3, -0.25) is 0 Å². The van der Waals surface area contributed by atoms with Crippen molar-refractivity contribution in [3.8, 4) is 11.5 Å². The summed E-state index contributed by atoms with van der Waals surface area (Å²) < 4.78 is 255. The van der Waals surface area contributed by atoms with Crippen LogP contribution in [-0.2, 0) is 21.0 Å². The van der Waals surface area contributed by atoms with E-state index in [1.54, 1.807) is 14.2 Å². The van der Waals surface area contributed by atoms with Gasteiger partial charge in [0.2, 0.25) is 0 Å². The Hall–Kier alpha value is -3.67. The van der Waals surface area contributed by atoms with Crippen LogP contribution in [0.1, 0.15) is 5.56 Å². The highest BCUT2D eigenvalue weighted by molar-refractivity contribution is 7.97. The van der Waals surface area contributed by atoms with Crippen molar-refractivity contribution in [2.24, 2.45) is 0 Å². The topological polar surface area (TPSA) is 75.7 Å². The summed E-state index contributed by atoms with van der Waals surface area (Å²) in [5.41, 5.74) is 1.27. The summed E-state index contributed by atoms with van der Waals surface area (Å²) in [4.78, 5) is 3.84. The van der Waals surface area contributed by atoms with Crippen LogP contribution < -0.4 is 9.47 Å². The summed E-state index contributed by atoms with van der Waals surface area (Å²) in [6.45, 7) is 2.11. The Bertz CT molecular complexity index is 1750. The number of hydrogen-bond acceptors (Lipinski definition) is 5. The molecule has 298 valence electrons. The molecule has 5 nitrogen and oxygen atoms in total. The lowest BCUT2D eigenvalue weighted by atomic mass is 9.91. The Kier molecular flexibility index (Phi) is 12.8.